The van der Waals surface area contributed by atoms with Crippen LogP contribution in [0, 0.1) is 19.3 Å². The fraction of sp³-hybridized carbons (Fsp3) is 0.429. The quantitative estimate of drug-likeness (QED) is 0.881. The van der Waals surface area contributed by atoms with Crippen LogP contribution in [0.4, 0.5) is 0 Å². The zero-order valence-electron chi connectivity index (χ0n) is 12.8. The van der Waals surface area contributed by atoms with Crippen LogP contribution >= 0.6 is 11.3 Å². The predicted molar refractivity (Wildman–Crippen MR) is 82.6 cm³/mol. The van der Waals surface area contributed by atoms with Gasteiger partial charge in [0.05, 0.1) is 5.41 Å². The Balaban J connectivity index is 2.33. The predicted octanol–water partition coefficient (Wildman–Crippen LogP) is 1.21. The molecule has 0 saturated carbocycles. The first-order valence-electron chi connectivity index (χ1n) is 6.64. The Labute approximate surface area is 130 Å². The molecule has 0 fully saturated rings. The summed E-state index contributed by atoms with van der Waals surface area (Å²) in [6.07, 6.45) is 1.23. The van der Waals surface area contributed by atoms with Gasteiger partial charge in [-0.05, 0) is 27.7 Å². The molecule has 22 heavy (non-hydrogen) atoms. The summed E-state index contributed by atoms with van der Waals surface area (Å²) in [5.74, 6) is -1.65. The van der Waals surface area contributed by atoms with Crippen LogP contribution in [0.3, 0.4) is 0 Å². The van der Waals surface area contributed by atoms with Gasteiger partial charge in [-0.15, -0.1) is 11.3 Å². The molecule has 1 amide bonds. The second-order valence-corrected chi connectivity index (χ2v) is 6.89. The Morgan fingerprint density at radius 3 is 2.64 bits per heavy atom. The molecule has 0 bridgehead atoms. The molecule has 0 saturated heterocycles. The van der Waals surface area contributed by atoms with Gasteiger partial charge in [0.25, 0.3) is 11.5 Å². The van der Waals surface area contributed by atoms with Crippen molar-refractivity contribution in [2.24, 2.45) is 5.41 Å². The number of carbonyl (C=O) groups excluding carboxylic acids is 1. The van der Waals surface area contributed by atoms with E-state index in [4.69, 9.17) is 5.11 Å². The summed E-state index contributed by atoms with van der Waals surface area (Å²) in [5.41, 5.74) is -0.909. The summed E-state index contributed by atoms with van der Waals surface area (Å²) in [4.78, 5) is 41.2. The molecule has 0 unspecified atom stereocenters. The number of fused-ring (bicyclic) bond motifs is 1. The highest BCUT2D eigenvalue weighted by Gasteiger charge is 2.28. The SMILES string of the molecule is Cc1sc2ncc(C(=O)NCC(C)(C)C(=O)O)c(=O)n2c1C. The van der Waals surface area contributed by atoms with E-state index in [1.54, 1.807) is 6.92 Å². The average molecular weight is 323 g/mol. The van der Waals surface area contributed by atoms with Crippen LogP contribution in [-0.2, 0) is 4.79 Å². The summed E-state index contributed by atoms with van der Waals surface area (Å²) in [6.45, 7) is 6.58. The number of thiazole rings is 1. The minimum Gasteiger partial charge on any atom is -0.481 e. The number of hydrogen-bond acceptors (Lipinski definition) is 5. The number of amides is 1. The van der Waals surface area contributed by atoms with Crippen LogP contribution in [0.25, 0.3) is 4.96 Å². The number of carbonyl (C=O) groups is 2. The van der Waals surface area contributed by atoms with Crippen LogP contribution in [0.5, 0.6) is 0 Å². The van der Waals surface area contributed by atoms with Gasteiger partial charge in [-0.2, -0.15) is 0 Å². The summed E-state index contributed by atoms with van der Waals surface area (Å²) in [6, 6.07) is 0. The van der Waals surface area contributed by atoms with Crippen molar-refractivity contribution >= 4 is 28.2 Å². The van der Waals surface area contributed by atoms with Gasteiger partial charge in [-0.3, -0.25) is 18.8 Å². The summed E-state index contributed by atoms with van der Waals surface area (Å²) in [7, 11) is 0. The van der Waals surface area contributed by atoms with Crippen LogP contribution in [0.15, 0.2) is 11.0 Å². The average Bonchev–Trinajstić information content (AvgIpc) is 2.72. The van der Waals surface area contributed by atoms with Gasteiger partial charge in [-0.1, -0.05) is 0 Å². The van der Waals surface area contributed by atoms with Crippen LogP contribution < -0.4 is 10.9 Å². The van der Waals surface area contributed by atoms with Gasteiger partial charge in [0, 0.05) is 23.3 Å². The zero-order valence-corrected chi connectivity index (χ0v) is 13.6. The number of nitrogens with zero attached hydrogens (tertiary/aromatic N) is 2. The first-order chi connectivity index (χ1) is 10.1. The van der Waals surface area contributed by atoms with Crippen LogP contribution in [-0.4, -0.2) is 32.9 Å². The van der Waals surface area contributed by atoms with Crippen LogP contribution in [0.1, 0.15) is 34.8 Å². The third-order valence-electron chi connectivity index (χ3n) is 3.53. The summed E-state index contributed by atoms with van der Waals surface area (Å²) in [5, 5.41) is 11.5. The number of aliphatic carboxylic acids is 1. The highest BCUT2D eigenvalue weighted by Crippen LogP contribution is 2.18. The largest absolute Gasteiger partial charge is 0.481 e. The Morgan fingerprint density at radius 1 is 1.41 bits per heavy atom. The molecule has 2 rings (SSSR count). The van der Waals surface area contributed by atoms with Gasteiger partial charge in [0.15, 0.2) is 4.96 Å². The first-order valence-corrected chi connectivity index (χ1v) is 7.46. The molecule has 118 valence electrons. The summed E-state index contributed by atoms with van der Waals surface area (Å²) < 4.78 is 1.40. The molecule has 0 spiro atoms. The fourth-order valence-electron chi connectivity index (χ4n) is 1.80. The van der Waals surface area contributed by atoms with E-state index >= 15 is 0 Å². The maximum absolute atomic E-state index is 12.4. The van der Waals surface area contributed by atoms with E-state index < -0.39 is 22.9 Å². The molecule has 0 radical (unpaired) electrons. The minimum atomic E-state index is -1.11. The monoisotopic (exact) mass is 323 g/mol. The number of nitrogens with one attached hydrogen (secondary N) is 1. The Kier molecular flexibility index (Phi) is 4.06. The number of aromatic nitrogens is 2. The molecular formula is C14H17N3O4S. The molecule has 0 aliphatic heterocycles. The molecule has 2 aromatic rings. The van der Waals surface area contributed by atoms with Crippen molar-refractivity contribution < 1.29 is 14.7 Å². The van der Waals surface area contributed by atoms with Crippen LogP contribution in [0.2, 0.25) is 0 Å². The van der Waals surface area contributed by atoms with E-state index in [1.165, 1.54) is 35.8 Å². The minimum absolute atomic E-state index is 0.0784. The molecule has 8 heteroatoms. The van der Waals surface area contributed by atoms with Gasteiger partial charge in [0.2, 0.25) is 0 Å². The molecule has 7 nitrogen and oxygen atoms in total. The Hall–Kier alpha value is -2.22. The topological polar surface area (TPSA) is 101 Å². The molecule has 0 atom stereocenters. The smallest absolute Gasteiger partial charge is 0.310 e. The molecule has 2 aromatic heterocycles. The summed E-state index contributed by atoms with van der Waals surface area (Å²) >= 11 is 1.38. The molecule has 2 heterocycles. The highest BCUT2D eigenvalue weighted by molar-refractivity contribution is 7.17. The van der Waals surface area contributed by atoms with Crippen molar-refractivity contribution in [1.82, 2.24) is 14.7 Å². The maximum atomic E-state index is 12.4. The zero-order chi connectivity index (χ0) is 16.7. The highest BCUT2D eigenvalue weighted by atomic mass is 32.1. The molecule has 2 N–H and O–H groups in total. The lowest BCUT2D eigenvalue weighted by atomic mass is 9.94. The standard InChI is InChI=1S/C14H17N3O4S/c1-7-8(2)22-13-15-5-9(11(19)17(7)13)10(18)16-6-14(3,4)12(20)21/h5H,6H2,1-4H3,(H,16,18)(H,20,21). The Bertz CT molecular complexity index is 819. The molecule has 0 aliphatic rings. The van der Waals surface area contributed by atoms with E-state index in [9.17, 15) is 14.4 Å². The van der Waals surface area contributed by atoms with E-state index in [0.29, 0.717) is 4.96 Å². The van der Waals surface area contributed by atoms with Crippen molar-refractivity contribution in [3.05, 3.63) is 32.7 Å². The number of rotatable bonds is 4. The number of hydrogen-bond donors (Lipinski definition) is 2. The number of carboxylic acids is 1. The molecule has 0 aromatic carbocycles. The second kappa shape index (κ2) is 5.53. The van der Waals surface area contributed by atoms with E-state index in [2.05, 4.69) is 10.3 Å². The first kappa shape index (κ1) is 16.2. The van der Waals surface area contributed by atoms with Gasteiger partial charge in [-0.25, -0.2) is 4.98 Å². The van der Waals surface area contributed by atoms with Crippen molar-refractivity contribution in [2.75, 3.05) is 6.54 Å². The number of aryl methyl sites for hydroxylation is 2. The normalized spacial score (nSPS) is 11.6. The third kappa shape index (κ3) is 2.74. The van der Waals surface area contributed by atoms with Gasteiger partial charge >= 0.3 is 5.97 Å². The van der Waals surface area contributed by atoms with Crippen molar-refractivity contribution in [3.8, 4) is 0 Å². The van der Waals surface area contributed by atoms with E-state index in [-0.39, 0.29) is 12.1 Å². The molecular weight excluding hydrogens is 306 g/mol. The molecule has 0 aliphatic carbocycles. The van der Waals surface area contributed by atoms with E-state index in [1.807, 2.05) is 6.92 Å². The second-order valence-electron chi connectivity index (χ2n) is 5.71. The fourth-order valence-corrected chi connectivity index (χ4v) is 2.73. The van der Waals surface area contributed by atoms with Crippen molar-refractivity contribution in [1.29, 1.82) is 0 Å². The lowest BCUT2D eigenvalue weighted by Crippen LogP contribution is -2.40. The Morgan fingerprint density at radius 2 is 2.05 bits per heavy atom. The van der Waals surface area contributed by atoms with Crippen molar-refractivity contribution in [3.63, 3.8) is 0 Å². The van der Waals surface area contributed by atoms with Crippen molar-refractivity contribution in [2.45, 2.75) is 27.7 Å². The van der Waals surface area contributed by atoms with E-state index in [0.717, 1.165) is 10.6 Å². The van der Waals surface area contributed by atoms with Gasteiger partial charge < -0.3 is 10.4 Å². The maximum Gasteiger partial charge on any atom is 0.310 e. The van der Waals surface area contributed by atoms with Gasteiger partial charge in [0.1, 0.15) is 5.56 Å². The third-order valence-corrected chi connectivity index (χ3v) is 4.60. The number of carboxylic acid groups (broad SMARTS) is 1. The lowest BCUT2D eigenvalue weighted by Gasteiger charge is -2.19. The lowest BCUT2D eigenvalue weighted by molar-refractivity contribution is -0.146.